The molecule has 39 nitrogen and oxygen atoms in total. The van der Waals surface area contributed by atoms with E-state index in [9.17, 15) is 77.3 Å². The fourth-order valence-electron chi connectivity index (χ4n) is 12.4. The molecule has 0 bridgehead atoms. The number of carbonyl (C=O) groups is 14. The highest BCUT2D eigenvalue weighted by Crippen LogP contribution is 2.34. The summed E-state index contributed by atoms with van der Waals surface area (Å²) in [7, 11) is 3.05. The van der Waals surface area contributed by atoms with Crippen LogP contribution in [-0.2, 0) is 64.0 Å². The highest BCUT2D eigenvalue weighted by Gasteiger charge is 2.38. The summed E-state index contributed by atoms with van der Waals surface area (Å²) >= 11 is 1.32. The number of fused-ring (bicyclic) bond motifs is 1. The number of amides is 14. The van der Waals surface area contributed by atoms with E-state index in [1.54, 1.807) is 86.8 Å². The van der Waals surface area contributed by atoms with E-state index in [1.807, 2.05) is 36.4 Å². The number of hydrogen-bond acceptors (Lipinski definition) is 25. The molecule has 1 fully saturated rings. The average molecular weight is 1660 g/mol. The molecule has 0 saturated carbocycles. The second kappa shape index (κ2) is 48.4. The SMILES string of the molecule is CNC(=O)c1ccccc1Sc1ccc2c(/C=C/c3ccccn3)nn(C(=O)N(C)CCNC(=O)[C@@H](N)CCC(=O)N[C@@H](CCN)C(=O)N[C@H](C(=O)N[C@@H](CCN)C(=O)N[C@H]3CCNC(=O)[C@H]([C@@H](C)O)NC(=O)[C@H](CCN)NC(=O)[C@H](CCN)NC(=O)[C@H](CC(C)C)NC(=O)[C@@H](Cc4ccccc4)NC(=O)[C@H](CCN)NC3=O)[C@@H](C)O)c2c1. The lowest BCUT2D eigenvalue weighted by molar-refractivity contribution is -0.137. The molecule has 14 amide bonds. The molecule has 118 heavy (non-hydrogen) atoms. The van der Waals surface area contributed by atoms with Crippen LogP contribution in [0.5, 0.6) is 0 Å². The van der Waals surface area contributed by atoms with Gasteiger partial charge in [-0.3, -0.25) is 67.3 Å². The Morgan fingerprint density at radius 3 is 1.80 bits per heavy atom. The summed E-state index contributed by atoms with van der Waals surface area (Å²) in [5, 5.41) is 60.4. The van der Waals surface area contributed by atoms with Gasteiger partial charge in [0.25, 0.3) is 5.91 Å². The molecule has 40 heteroatoms. The highest BCUT2D eigenvalue weighted by molar-refractivity contribution is 7.99. The Bertz CT molecular complexity index is 4290. The normalized spacial score (nSPS) is 19.7. The van der Waals surface area contributed by atoms with Gasteiger partial charge in [-0.25, -0.2) is 4.79 Å². The summed E-state index contributed by atoms with van der Waals surface area (Å²) in [6.45, 7) is 4.17. The lowest BCUT2D eigenvalue weighted by atomic mass is 10.00. The molecule has 1 aliphatic heterocycles. The predicted octanol–water partition coefficient (Wildman–Crippen LogP) is -4.60. The molecule has 6 rings (SSSR count). The maximum atomic E-state index is 14.7. The van der Waals surface area contributed by atoms with Crippen molar-refractivity contribution in [2.75, 3.05) is 66.5 Å². The van der Waals surface area contributed by atoms with Crippen molar-refractivity contribution in [2.24, 2.45) is 40.3 Å². The zero-order valence-corrected chi connectivity index (χ0v) is 67.8. The maximum absolute atomic E-state index is 14.7. The second-order valence-corrected chi connectivity index (χ2v) is 29.8. The number of aromatic nitrogens is 3. The van der Waals surface area contributed by atoms with Crippen LogP contribution in [-0.4, -0.2) is 258 Å². The van der Waals surface area contributed by atoms with Crippen molar-refractivity contribution in [3.63, 3.8) is 0 Å². The van der Waals surface area contributed by atoms with E-state index < -0.39 is 175 Å². The predicted molar refractivity (Wildman–Crippen MR) is 439 cm³/mol. The van der Waals surface area contributed by atoms with Crippen molar-refractivity contribution in [3.05, 3.63) is 120 Å². The van der Waals surface area contributed by atoms with Crippen LogP contribution in [0.1, 0.15) is 113 Å². The minimum absolute atomic E-state index is 0.0138. The van der Waals surface area contributed by atoms with Gasteiger partial charge in [0.1, 0.15) is 60.4 Å². The van der Waals surface area contributed by atoms with Crippen LogP contribution in [0.15, 0.2) is 107 Å². The number of carbonyl (C=O) groups excluding carboxylic acids is 14. The van der Waals surface area contributed by atoms with Gasteiger partial charge in [-0.05, 0) is 164 Å². The van der Waals surface area contributed by atoms with Crippen molar-refractivity contribution in [2.45, 2.75) is 180 Å². The third-order valence-corrected chi connectivity index (χ3v) is 19.9. The van der Waals surface area contributed by atoms with E-state index in [2.05, 4.69) is 79.2 Å². The molecule has 5 aromatic rings. The number of likely N-dealkylation sites (N-methyl/N-ethyl adjacent to an activating group) is 1. The van der Waals surface area contributed by atoms with Gasteiger partial charge < -0.3 is 119 Å². The molecule has 0 unspecified atom stereocenters. The van der Waals surface area contributed by atoms with Gasteiger partial charge in [-0.1, -0.05) is 74.1 Å². The third kappa shape index (κ3) is 29.4. The van der Waals surface area contributed by atoms with Crippen LogP contribution in [0.4, 0.5) is 4.79 Å². The van der Waals surface area contributed by atoms with Gasteiger partial charge in [0.15, 0.2) is 0 Å². The maximum Gasteiger partial charge on any atom is 0.345 e. The van der Waals surface area contributed by atoms with Crippen LogP contribution in [0.2, 0.25) is 0 Å². The van der Waals surface area contributed by atoms with Crippen molar-refractivity contribution in [3.8, 4) is 0 Å². The molecule has 1 aliphatic rings. The van der Waals surface area contributed by atoms with E-state index >= 15 is 0 Å². The number of benzene rings is 3. The fourth-order valence-corrected chi connectivity index (χ4v) is 13.4. The monoisotopic (exact) mass is 1660 g/mol. The Kier molecular flexibility index (Phi) is 39.1. The number of pyridine rings is 1. The summed E-state index contributed by atoms with van der Waals surface area (Å²) in [4.78, 5) is 204. The van der Waals surface area contributed by atoms with Crippen LogP contribution >= 0.6 is 11.8 Å². The first-order valence-corrected chi connectivity index (χ1v) is 39.8. The van der Waals surface area contributed by atoms with Gasteiger partial charge >= 0.3 is 6.03 Å². The minimum Gasteiger partial charge on any atom is -0.391 e. The van der Waals surface area contributed by atoms with Gasteiger partial charge in [-0.2, -0.15) is 9.78 Å². The zero-order chi connectivity index (χ0) is 86.7. The smallest absolute Gasteiger partial charge is 0.345 e. The molecule has 13 atom stereocenters. The molecular weight excluding hydrogens is 1550 g/mol. The molecule has 0 aliphatic carbocycles. The van der Waals surface area contributed by atoms with Crippen molar-refractivity contribution in [1.82, 2.24) is 88.8 Å². The van der Waals surface area contributed by atoms with E-state index in [0.717, 1.165) is 6.92 Å². The first-order chi connectivity index (χ1) is 56.3. The molecular formula is C78H113N23O16S. The molecule has 27 N–H and O–H groups in total. The number of nitrogens with two attached hydrogens (primary N) is 6. The van der Waals surface area contributed by atoms with Crippen LogP contribution in [0.3, 0.4) is 0 Å². The largest absolute Gasteiger partial charge is 0.391 e. The third-order valence-electron chi connectivity index (χ3n) is 18.8. The lowest BCUT2D eigenvalue weighted by Gasteiger charge is -2.29. The molecule has 3 heterocycles. The Balaban J connectivity index is 1.14. The first-order valence-electron chi connectivity index (χ1n) is 39.0. The van der Waals surface area contributed by atoms with Crippen molar-refractivity contribution < 1.29 is 77.3 Å². The van der Waals surface area contributed by atoms with E-state index in [0.29, 0.717) is 43.2 Å². The molecule has 642 valence electrons. The summed E-state index contributed by atoms with van der Waals surface area (Å²) in [5.74, 6) is -11.9. The number of nitrogens with one attached hydrogen (secondary N) is 13. The minimum atomic E-state index is -1.86. The van der Waals surface area contributed by atoms with E-state index in [-0.39, 0.29) is 109 Å². The van der Waals surface area contributed by atoms with Crippen LogP contribution in [0, 0.1) is 5.92 Å². The zero-order valence-electron chi connectivity index (χ0n) is 67.0. The Hall–Kier alpha value is -11.4. The Morgan fingerprint density at radius 1 is 0.627 bits per heavy atom. The summed E-state index contributed by atoms with van der Waals surface area (Å²) in [6, 6.07) is 8.93. The number of aliphatic hydroxyl groups excluding tert-OH is 2. The summed E-state index contributed by atoms with van der Waals surface area (Å²) in [6.07, 6.45) is -0.725. The molecule has 0 radical (unpaired) electrons. The van der Waals surface area contributed by atoms with Crippen molar-refractivity contribution in [1.29, 1.82) is 0 Å². The Labute approximate surface area is 687 Å². The quantitative estimate of drug-likeness (QED) is 0.0181. The van der Waals surface area contributed by atoms with E-state index in [4.69, 9.17) is 34.4 Å². The lowest BCUT2D eigenvalue weighted by Crippen LogP contribution is -2.62. The number of aliphatic hydroxyl groups is 2. The standard InChI is InChI=1S/C78H113N23O16S/c1-43(2)40-59-74(113)92-54(26-32-80)68(107)91-57(29-35-83)73(112)97-64(44(3)102)76(115)87-37-30-58(71(110)90-55(27-33-81)70(109)96-60(75(114)95-59)41-46-14-8-7-9-15-46)93-69(108)56(28-34-82)94-77(116)65(45(4)103)98-72(111)53(25-31-79)89-63(104)24-22-51(84)67(106)88-38-39-100(6)78(117)101-61-42-48(118-62-18-11-10-17-50(62)66(105)85-5)20-21-49(61)52(99-101)23-19-47-16-12-13-36-86-47/h7-21,23,36,42-45,51,53-60,64-65,102-103H,22,24-35,37-41,79-84H2,1-6H3,(H,85,105)(H,87,115)(H,88,106)(H,89,104)(H,90,110)(H,91,107)(H,92,113)(H,93,108)(H,94,116)(H,95,114)(H,96,109)(H,97,112)(H,98,111)/b23-19+/t44-,45-,51+,53+,54+,55+,56+,57+,58+,59+,60-,64+,65+/m1/s1. The first kappa shape index (κ1) is 95.5. The highest BCUT2D eigenvalue weighted by atomic mass is 32.2. The number of nitrogens with zero attached hydrogens (tertiary/aromatic N) is 4. The number of hydrogen-bond donors (Lipinski definition) is 21. The van der Waals surface area contributed by atoms with Crippen LogP contribution < -0.4 is 104 Å². The topological polar surface area (TPSA) is 626 Å². The molecule has 1 saturated heterocycles. The fraction of sp³-hybridized carbons (Fsp3) is 0.487. The van der Waals surface area contributed by atoms with E-state index in [1.165, 1.54) is 42.4 Å². The van der Waals surface area contributed by atoms with Crippen molar-refractivity contribution >= 4 is 118 Å². The van der Waals surface area contributed by atoms with Gasteiger partial charge in [0.05, 0.1) is 40.7 Å². The molecule has 2 aromatic heterocycles. The van der Waals surface area contributed by atoms with Gasteiger partial charge in [0, 0.05) is 67.9 Å². The van der Waals surface area contributed by atoms with Gasteiger partial charge in [0.2, 0.25) is 70.9 Å². The van der Waals surface area contributed by atoms with Crippen LogP contribution in [0.25, 0.3) is 23.1 Å². The Morgan fingerprint density at radius 2 is 1.20 bits per heavy atom. The second-order valence-electron chi connectivity index (χ2n) is 28.7. The summed E-state index contributed by atoms with van der Waals surface area (Å²) in [5.41, 5.74) is 38.4. The average Bonchev–Trinajstić information content (AvgIpc) is 1.63. The number of rotatable bonds is 35. The molecule has 3 aromatic carbocycles. The van der Waals surface area contributed by atoms with Gasteiger partial charge in [-0.15, -0.1) is 0 Å². The summed E-state index contributed by atoms with van der Waals surface area (Å²) < 4.78 is 1.24. The molecule has 0 spiro atoms.